The van der Waals surface area contributed by atoms with Gasteiger partial charge in [0.15, 0.2) is 0 Å². The summed E-state index contributed by atoms with van der Waals surface area (Å²) in [5, 5.41) is 0. The number of hydrazine groups is 1. The molecule has 2 aromatic rings. The van der Waals surface area contributed by atoms with Crippen LogP contribution in [0.4, 0.5) is 0 Å². The van der Waals surface area contributed by atoms with Gasteiger partial charge in [0.1, 0.15) is 11.5 Å². The molecule has 0 aliphatic carbocycles. The van der Waals surface area contributed by atoms with Crippen LogP contribution in [0.15, 0.2) is 36.5 Å². The van der Waals surface area contributed by atoms with Crippen molar-refractivity contribution < 1.29 is 9.47 Å². The van der Waals surface area contributed by atoms with E-state index in [0.29, 0.717) is 0 Å². The van der Waals surface area contributed by atoms with Crippen LogP contribution >= 0.6 is 0 Å². The van der Waals surface area contributed by atoms with Crippen LogP contribution in [0.25, 0.3) is 0 Å². The summed E-state index contributed by atoms with van der Waals surface area (Å²) in [6.07, 6.45) is 1.77. The highest BCUT2D eigenvalue weighted by molar-refractivity contribution is 5.46. The number of nitrogens with one attached hydrogen (secondary N) is 1. The summed E-state index contributed by atoms with van der Waals surface area (Å²) in [6, 6.07) is 9.43. The lowest BCUT2D eigenvalue weighted by Gasteiger charge is -2.20. The van der Waals surface area contributed by atoms with Crippen LogP contribution in [0, 0.1) is 6.92 Å². The highest BCUT2D eigenvalue weighted by Gasteiger charge is 2.17. The van der Waals surface area contributed by atoms with Crippen molar-refractivity contribution in [2.45, 2.75) is 13.0 Å². The van der Waals surface area contributed by atoms with Crippen molar-refractivity contribution in [2.24, 2.45) is 5.84 Å². The van der Waals surface area contributed by atoms with Crippen molar-refractivity contribution in [1.82, 2.24) is 10.4 Å². The Labute approximate surface area is 118 Å². The lowest BCUT2D eigenvalue weighted by Crippen LogP contribution is -2.29. The maximum Gasteiger partial charge on any atom is 0.127 e. The first-order valence-corrected chi connectivity index (χ1v) is 6.30. The number of aromatic nitrogens is 1. The third-order valence-corrected chi connectivity index (χ3v) is 3.17. The van der Waals surface area contributed by atoms with Crippen LogP contribution in [0.5, 0.6) is 11.5 Å². The fourth-order valence-electron chi connectivity index (χ4n) is 2.17. The number of rotatable bonds is 5. The lowest BCUT2D eigenvalue weighted by molar-refractivity contribution is 0.387. The molecule has 1 aromatic heterocycles. The first-order valence-electron chi connectivity index (χ1n) is 6.30. The van der Waals surface area contributed by atoms with Crippen LogP contribution in [0.1, 0.15) is 22.9 Å². The van der Waals surface area contributed by atoms with E-state index in [9.17, 15) is 0 Å². The Morgan fingerprint density at radius 2 is 1.95 bits per heavy atom. The van der Waals surface area contributed by atoms with E-state index in [0.717, 1.165) is 28.3 Å². The number of benzene rings is 1. The first-order chi connectivity index (χ1) is 9.69. The topological polar surface area (TPSA) is 69.4 Å². The molecule has 1 aromatic carbocycles. The minimum atomic E-state index is -0.169. The van der Waals surface area contributed by atoms with Crippen molar-refractivity contribution in [3.05, 3.63) is 53.3 Å². The van der Waals surface area contributed by atoms with Crippen LogP contribution in [0.3, 0.4) is 0 Å². The molecule has 1 heterocycles. The van der Waals surface area contributed by atoms with Gasteiger partial charge in [-0.2, -0.15) is 0 Å². The third kappa shape index (κ3) is 2.89. The van der Waals surface area contributed by atoms with E-state index in [4.69, 9.17) is 15.3 Å². The number of hydrogen-bond donors (Lipinski definition) is 2. The van der Waals surface area contributed by atoms with Gasteiger partial charge in [-0.15, -0.1) is 0 Å². The van der Waals surface area contributed by atoms with E-state index in [2.05, 4.69) is 10.4 Å². The normalized spacial score (nSPS) is 12.0. The molecule has 5 nitrogen and oxygen atoms in total. The van der Waals surface area contributed by atoms with Gasteiger partial charge >= 0.3 is 0 Å². The standard InChI is InChI=1S/C15H19N3O2/c1-10-8-11(6-7-17-10)15(18-16)13-5-4-12(19-2)9-14(13)20-3/h4-9,15,18H,16H2,1-3H3. The van der Waals surface area contributed by atoms with E-state index in [1.807, 2.05) is 37.3 Å². The monoisotopic (exact) mass is 273 g/mol. The maximum absolute atomic E-state index is 5.72. The highest BCUT2D eigenvalue weighted by atomic mass is 16.5. The molecule has 3 N–H and O–H groups in total. The quantitative estimate of drug-likeness (QED) is 0.644. The van der Waals surface area contributed by atoms with Gasteiger partial charge < -0.3 is 9.47 Å². The Hall–Kier alpha value is -2.11. The molecule has 20 heavy (non-hydrogen) atoms. The largest absolute Gasteiger partial charge is 0.497 e. The van der Waals surface area contributed by atoms with Crippen molar-refractivity contribution in [1.29, 1.82) is 0 Å². The molecular weight excluding hydrogens is 254 g/mol. The first kappa shape index (κ1) is 14.3. The van der Waals surface area contributed by atoms with Crippen LogP contribution in [0.2, 0.25) is 0 Å². The lowest BCUT2D eigenvalue weighted by atomic mass is 9.98. The number of methoxy groups -OCH3 is 2. The number of nitrogens with two attached hydrogens (primary N) is 1. The average Bonchev–Trinajstić information content (AvgIpc) is 2.48. The van der Waals surface area contributed by atoms with E-state index >= 15 is 0 Å². The molecule has 0 amide bonds. The van der Waals surface area contributed by atoms with E-state index in [-0.39, 0.29) is 6.04 Å². The molecule has 0 aliphatic rings. The van der Waals surface area contributed by atoms with Gasteiger partial charge in [0.2, 0.25) is 0 Å². The highest BCUT2D eigenvalue weighted by Crippen LogP contribution is 2.32. The molecule has 0 fully saturated rings. The second-order valence-corrected chi connectivity index (χ2v) is 4.44. The van der Waals surface area contributed by atoms with Gasteiger partial charge in [-0.1, -0.05) is 0 Å². The number of aryl methyl sites for hydroxylation is 1. The number of ether oxygens (including phenoxy) is 2. The summed E-state index contributed by atoms with van der Waals surface area (Å²) < 4.78 is 10.6. The van der Waals surface area contributed by atoms with Gasteiger partial charge in [0.25, 0.3) is 0 Å². The summed E-state index contributed by atoms with van der Waals surface area (Å²) in [5.74, 6) is 7.19. The Balaban J connectivity index is 2.46. The molecule has 5 heteroatoms. The van der Waals surface area contributed by atoms with Gasteiger partial charge in [-0.05, 0) is 36.8 Å². The zero-order chi connectivity index (χ0) is 14.5. The molecule has 106 valence electrons. The molecule has 1 atom stereocenters. The third-order valence-electron chi connectivity index (χ3n) is 3.17. The van der Waals surface area contributed by atoms with Gasteiger partial charge in [0.05, 0.1) is 20.3 Å². The van der Waals surface area contributed by atoms with Crippen LogP contribution in [-0.2, 0) is 0 Å². The van der Waals surface area contributed by atoms with Crippen molar-refractivity contribution in [3.8, 4) is 11.5 Å². The smallest absolute Gasteiger partial charge is 0.127 e. The number of hydrogen-bond acceptors (Lipinski definition) is 5. The van der Waals surface area contributed by atoms with Gasteiger partial charge in [-0.3, -0.25) is 10.8 Å². The van der Waals surface area contributed by atoms with E-state index in [1.54, 1.807) is 20.4 Å². The predicted molar refractivity (Wildman–Crippen MR) is 77.7 cm³/mol. The zero-order valence-electron chi connectivity index (χ0n) is 11.9. The maximum atomic E-state index is 5.72. The molecule has 0 saturated carbocycles. The molecule has 0 spiro atoms. The second-order valence-electron chi connectivity index (χ2n) is 4.44. The summed E-state index contributed by atoms with van der Waals surface area (Å²) >= 11 is 0. The molecule has 0 saturated heterocycles. The van der Waals surface area contributed by atoms with E-state index < -0.39 is 0 Å². The van der Waals surface area contributed by atoms with Crippen molar-refractivity contribution in [2.75, 3.05) is 14.2 Å². The average molecular weight is 273 g/mol. The summed E-state index contributed by atoms with van der Waals surface area (Å²) in [7, 11) is 3.25. The Kier molecular flexibility index (Phi) is 4.55. The number of pyridine rings is 1. The minimum Gasteiger partial charge on any atom is -0.497 e. The van der Waals surface area contributed by atoms with Gasteiger partial charge in [-0.25, -0.2) is 5.43 Å². The Morgan fingerprint density at radius 1 is 1.15 bits per heavy atom. The molecule has 1 unspecified atom stereocenters. The fraction of sp³-hybridized carbons (Fsp3) is 0.267. The fourth-order valence-corrected chi connectivity index (χ4v) is 2.17. The molecular formula is C15H19N3O2. The van der Waals surface area contributed by atoms with Gasteiger partial charge in [0, 0.05) is 23.5 Å². The predicted octanol–water partition coefficient (Wildman–Crippen LogP) is 1.96. The Bertz CT molecular complexity index is 587. The zero-order valence-corrected chi connectivity index (χ0v) is 11.9. The summed E-state index contributed by atoms with van der Waals surface area (Å²) in [6.45, 7) is 1.95. The molecule has 0 radical (unpaired) electrons. The minimum absolute atomic E-state index is 0.169. The van der Waals surface area contributed by atoms with Crippen molar-refractivity contribution in [3.63, 3.8) is 0 Å². The SMILES string of the molecule is COc1ccc(C(NN)c2ccnc(C)c2)c(OC)c1. The molecule has 0 bridgehead atoms. The van der Waals surface area contributed by atoms with Crippen LogP contribution in [-0.4, -0.2) is 19.2 Å². The Morgan fingerprint density at radius 3 is 2.55 bits per heavy atom. The summed E-state index contributed by atoms with van der Waals surface area (Å²) in [5.41, 5.74) is 5.74. The number of nitrogens with zero attached hydrogens (tertiary/aromatic N) is 1. The van der Waals surface area contributed by atoms with Crippen molar-refractivity contribution >= 4 is 0 Å². The van der Waals surface area contributed by atoms with E-state index in [1.165, 1.54) is 0 Å². The molecule has 2 rings (SSSR count). The second kappa shape index (κ2) is 6.36. The molecule has 0 aliphatic heterocycles. The summed E-state index contributed by atoms with van der Waals surface area (Å²) in [4.78, 5) is 4.20. The van der Waals surface area contributed by atoms with Crippen LogP contribution < -0.4 is 20.7 Å².